The molecule has 1 aromatic heterocycles. The minimum atomic E-state index is -0.389. The van der Waals surface area contributed by atoms with Gasteiger partial charge in [0, 0.05) is 11.4 Å². The first-order valence-corrected chi connectivity index (χ1v) is 7.64. The number of ether oxygens (including phenoxy) is 1. The van der Waals surface area contributed by atoms with Crippen molar-refractivity contribution in [2.45, 2.75) is 39.2 Å². The molecule has 1 rings (SSSR count). The van der Waals surface area contributed by atoms with Crippen LogP contribution in [-0.2, 0) is 16.0 Å². The number of esters is 1. The number of hydrogen-bond donors (Lipinski definition) is 1. The van der Waals surface area contributed by atoms with E-state index in [1.165, 1.54) is 4.88 Å². The quantitative estimate of drug-likeness (QED) is 0.640. The van der Waals surface area contributed by atoms with Gasteiger partial charge in [-0.05, 0) is 61.8 Å². The molecule has 1 aromatic rings. The second-order valence-electron chi connectivity index (χ2n) is 5.04. The van der Waals surface area contributed by atoms with Gasteiger partial charge in [0.05, 0.1) is 10.2 Å². The van der Waals surface area contributed by atoms with Gasteiger partial charge < -0.3 is 10.1 Å². The molecule has 0 amide bonds. The molecule has 18 heavy (non-hydrogen) atoms. The maximum absolute atomic E-state index is 11.4. The van der Waals surface area contributed by atoms with Crippen molar-refractivity contribution < 1.29 is 9.53 Å². The smallest absolute Gasteiger partial charge is 0.307 e. The summed E-state index contributed by atoms with van der Waals surface area (Å²) in [7, 11) is 0. The molecule has 0 fully saturated rings. The molecule has 0 saturated heterocycles. The van der Waals surface area contributed by atoms with Crippen LogP contribution in [-0.4, -0.2) is 24.7 Å². The predicted molar refractivity (Wildman–Crippen MR) is 79.1 cm³/mol. The molecule has 5 heteroatoms. The fourth-order valence-corrected chi connectivity index (χ4v) is 2.89. The molecule has 0 aliphatic carbocycles. The van der Waals surface area contributed by atoms with E-state index in [1.54, 1.807) is 11.3 Å². The van der Waals surface area contributed by atoms with Gasteiger partial charge in [-0.2, -0.15) is 0 Å². The summed E-state index contributed by atoms with van der Waals surface area (Å²) in [4.78, 5) is 12.8. The molecule has 3 nitrogen and oxygen atoms in total. The van der Waals surface area contributed by atoms with Gasteiger partial charge in [0.25, 0.3) is 0 Å². The third-order valence-corrected chi connectivity index (χ3v) is 3.79. The summed E-state index contributed by atoms with van der Waals surface area (Å²) in [6.07, 6.45) is 1.41. The van der Waals surface area contributed by atoms with Crippen LogP contribution in [0.4, 0.5) is 0 Å². The zero-order chi connectivity index (χ0) is 13.6. The Morgan fingerprint density at radius 1 is 1.39 bits per heavy atom. The van der Waals surface area contributed by atoms with E-state index >= 15 is 0 Å². The fourth-order valence-electron chi connectivity index (χ4n) is 1.41. The summed E-state index contributed by atoms with van der Waals surface area (Å²) in [6, 6.07) is 4.17. The minimum absolute atomic E-state index is 0.145. The van der Waals surface area contributed by atoms with E-state index in [0.717, 1.165) is 16.8 Å². The Hall–Kier alpha value is -0.390. The van der Waals surface area contributed by atoms with Gasteiger partial charge in [-0.1, -0.05) is 0 Å². The zero-order valence-corrected chi connectivity index (χ0v) is 13.5. The molecule has 1 heterocycles. The Bertz CT molecular complexity index is 385. The summed E-state index contributed by atoms with van der Waals surface area (Å²) in [5.74, 6) is -0.145. The second kappa shape index (κ2) is 7.26. The van der Waals surface area contributed by atoms with Gasteiger partial charge in [0.15, 0.2) is 0 Å². The highest BCUT2D eigenvalue weighted by Crippen LogP contribution is 2.21. The summed E-state index contributed by atoms with van der Waals surface area (Å²) in [5.41, 5.74) is -0.389. The van der Waals surface area contributed by atoms with Crippen molar-refractivity contribution in [1.29, 1.82) is 0 Å². The van der Waals surface area contributed by atoms with E-state index in [0.29, 0.717) is 13.0 Å². The number of hydrogen-bond acceptors (Lipinski definition) is 4. The molecule has 0 unspecified atom stereocenters. The lowest BCUT2D eigenvalue weighted by Crippen LogP contribution is -2.27. The van der Waals surface area contributed by atoms with Crippen molar-refractivity contribution in [3.63, 3.8) is 0 Å². The molecule has 0 radical (unpaired) electrons. The van der Waals surface area contributed by atoms with Gasteiger partial charge in [0.2, 0.25) is 0 Å². The highest BCUT2D eigenvalue weighted by atomic mass is 79.9. The average Bonchev–Trinajstić information content (AvgIpc) is 2.61. The summed E-state index contributed by atoms with van der Waals surface area (Å²) < 4.78 is 6.38. The Labute approximate surface area is 121 Å². The number of nitrogens with one attached hydrogen (secondary N) is 1. The largest absolute Gasteiger partial charge is 0.460 e. The average molecular weight is 334 g/mol. The van der Waals surface area contributed by atoms with Crippen LogP contribution in [0.25, 0.3) is 0 Å². The lowest BCUT2D eigenvalue weighted by atomic mass is 10.2. The van der Waals surface area contributed by atoms with E-state index in [9.17, 15) is 4.79 Å². The predicted octanol–water partition coefficient (Wildman–Crippen LogP) is 3.37. The third-order valence-electron chi connectivity index (χ3n) is 2.10. The standard InChI is InChI=1S/C13H20BrNO2S/c1-13(2,3)17-12(16)7-9-15-8-6-10-4-5-11(14)18-10/h4-5,15H,6-9H2,1-3H3. The Morgan fingerprint density at radius 2 is 2.11 bits per heavy atom. The van der Waals surface area contributed by atoms with Crippen LogP contribution in [0.5, 0.6) is 0 Å². The number of halogens is 1. The van der Waals surface area contributed by atoms with Crippen LogP contribution >= 0.6 is 27.3 Å². The monoisotopic (exact) mass is 333 g/mol. The number of carbonyl (C=O) groups is 1. The van der Waals surface area contributed by atoms with Gasteiger partial charge in [-0.15, -0.1) is 11.3 Å². The van der Waals surface area contributed by atoms with Crippen molar-refractivity contribution in [1.82, 2.24) is 5.32 Å². The van der Waals surface area contributed by atoms with Crippen LogP contribution in [0.3, 0.4) is 0 Å². The highest BCUT2D eigenvalue weighted by molar-refractivity contribution is 9.11. The van der Waals surface area contributed by atoms with E-state index in [4.69, 9.17) is 4.74 Å². The molecular formula is C13H20BrNO2S. The third kappa shape index (κ3) is 7.13. The van der Waals surface area contributed by atoms with Crippen molar-refractivity contribution in [3.8, 4) is 0 Å². The maximum atomic E-state index is 11.4. The molecular weight excluding hydrogens is 314 g/mol. The summed E-state index contributed by atoms with van der Waals surface area (Å²) in [5, 5.41) is 3.25. The van der Waals surface area contributed by atoms with E-state index < -0.39 is 0 Å². The first kappa shape index (κ1) is 15.7. The van der Waals surface area contributed by atoms with Gasteiger partial charge in [-0.25, -0.2) is 0 Å². The second-order valence-corrected chi connectivity index (χ2v) is 7.59. The van der Waals surface area contributed by atoms with E-state index in [-0.39, 0.29) is 11.6 Å². The van der Waals surface area contributed by atoms with Gasteiger partial charge in [-0.3, -0.25) is 4.79 Å². The van der Waals surface area contributed by atoms with Crippen LogP contribution in [0.15, 0.2) is 15.9 Å². The Balaban J connectivity index is 2.07. The Morgan fingerprint density at radius 3 is 2.67 bits per heavy atom. The van der Waals surface area contributed by atoms with Crippen LogP contribution in [0, 0.1) is 0 Å². The van der Waals surface area contributed by atoms with Crippen molar-refractivity contribution in [2.24, 2.45) is 0 Å². The van der Waals surface area contributed by atoms with Crippen molar-refractivity contribution in [2.75, 3.05) is 13.1 Å². The van der Waals surface area contributed by atoms with Crippen LogP contribution < -0.4 is 5.32 Å². The summed E-state index contributed by atoms with van der Waals surface area (Å²) in [6.45, 7) is 7.20. The summed E-state index contributed by atoms with van der Waals surface area (Å²) >= 11 is 5.18. The lowest BCUT2D eigenvalue weighted by molar-refractivity contribution is -0.154. The Kier molecular flexibility index (Phi) is 6.32. The van der Waals surface area contributed by atoms with E-state index in [1.807, 2.05) is 20.8 Å². The fraction of sp³-hybridized carbons (Fsp3) is 0.615. The molecule has 0 aliphatic rings. The van der Waals surface area contributed by atoms with Crippen LogP contribution in [0.1, 0.15) is 32.1 Å². The molecule has 0 spiro atoms. The molecule has 0 bridgehead atoms. The molecule has 0 aromatic carbocycles. The number of rotatable bonds is 6. The molecule has 102 valence electrons. The first-order valence-electron chi connectivity index (χ1n) is 6.03. The lowest BCUT2D eigenvalue weighted by Gasteiger charge is -2.19. The first-order chi connectivity index (χ1) is 8.37. The van der Waals surface area contributed by atoms with E-state index in [2.05, 4.69) is 33.4 Å². The minimum Gasteiger partial charge on any atom is -0.460 e. The van der Waals surface area contributed by atoms with Gasteiger partial charge >= 0.3 is 5.97 Å². The molecule has 0 saturated carbocycles. The molecule has 0 aliphatic heterocycles. The molecule has 0 atom stereocenters. The van der Waals surface area contributed by atoms with Crippen molar-refractivity contribution in [3.05, 3.63) is 20.8 Å². The SMILES string of the molecule is CC(C)(C)OC(=O)CCNCCc1ccc(Br)s1. The normalized spacial score (nSPS) is 11.6. The number of carbonyl (C=O) groups excluding carboxylic acids is 1. The topological polar surface area (TPSA) is 38.3 Å². The maximum Gasteiger partial charge on any atom is 0.307 e. The van der Waals surface area contributed by atoms with Crippen molar-refractivity contribution >= 4 is 33.2 Å². The zero-order valence-electron chi connectivity index (χ0n) is 11.1. The van der Waals surface area contributed by atoms with Crippen LogP contribution in [0.2, 0.25) is 0 Å². The highest BCUT2D eigenvalue weighted by Gasteiger charge is 2.15. The molecule has 1 N–H and O–H groups in total. The number of thiophene rings is 1. The van der Waals surface area contributed by atoms with Gasteiger partial charge in [0.1, 0.15) is 5.60 Å².